The number of para-hydroxylation sites is 1. The van der Waals surface area contributed by atoms with Gasteiger partial charge in [-0.1, -0.05) is 31.5 Å². The number of carbonyl (C=O) groups excluding carboxylic acids is 1. The molecule has 0 aliphatic heterocycles. The molecule has 0 bridgehead atoms. The largest absolute Gasteiger partial charge is 0.344 e. The summed E-state index contributed by atoms with van der Waals surface area (Å²) in [5.41, 5.74) is 2.28. The summed E-state index contributed by atoms with van der Waals surface area (Å²) in [6, 6.07) is 5.58. The molecule has 0 unspecified atom stereocenters. The van der Waals surface area contributed by atoms with Gasteiger partial charge in [-0.2, -0.15) is 0 Å². The van der Waals surface area contributed by atoms with E-state index in [0.29, 0.717) is 12.2 Å². The van der Waals surface area contributed by atoms with Crippen molar-refractivity contribution < 1.29 is 13.2 Å². The Morgan fingerprint density at radius 3 is 2.18 bits per heavy atom. The second-order valence-electron chi connectivity index (χ2n) is 5.68. The number of hydrogen-bond donors (Lipinski definition) is 0. The van der Waals surface area contributed by atoms with Gasteiger partial charge in [-0.05, 0) is 31.4 Å². The Bertz CT molecular complexity index is 606. The van der Waals surface area contributed by atoms with Crippen molar-refractivity contribution >= 4 is 21.6 Å². The molecule has 1 aromatic carbocycles. The molecule has 0 saturated carbocycles. The van der Waals surface area contributed by atoms with Gasteiger partial charge in [0.2, 0.25) is 15.9 Å². The van der Waals surface area contributed by atoms with Crippen molar-refractivity contribution in [1.82, 2.24) is 4.90 Å². The van der Waals surface area contributed by atoms with E-state index in [1.165, 1.54) is 4.31 Å². The van der Waals surface area contributed by atoms with Crippen LogP contribution >= 0.6 is 0 Å². The summed E-state index contributed by atoms with van der Waals surface area (Å²) in [6.45, 7) is 6.24. The molecule has 22 heavy (non-hydrogen) atoms. The van der Waals surface area contributed by atoms with Crippen LogP contribution in [0.5, 0.6) is 0 Å². The number of hydrogen-bond acceptors (Lipinski definition) is 3. The monoisotopic (exact) mass is 326 g/mol. The highest BCUT2D eigenvalue weighted by atomic mass is 32.2. The van der Waals surface area contributed by atoms with E-state index in [4.69, 9.17) is 0 Å². The Morgan fingerprint density at radius 2 is 1.73 bits per heavy atom. The number of benzene rings is 1. The maximum Gasteiger partial charge on any atom is 0.243 e. The molecule has 0 aliphatic rings. The van der Waals surface area contributed by atoms with E-state index in [9.17, 15) is 13.2 Å². The van der Waals surface area contributed by atoms with Gasteiger partial charge in [-0.3, -0.25) is 9.10 Å². The molecule has 0 aromatic heterocycles. The molecule has 0 spiro atoms. The molecule has 0 saturated heterocycles. The molecule has 1 aromatic rings. The zero-order chi connectivity index (χ0) is 16.9. The van der Waals surface area contributed by atoms with Gasteiger partial charge < -0.3 is 4.90 Å². The van der Waals surface area contributed by atoms with Gasteiger partial charge in [0, 0.05) is 13.6 Å². The van der Waals surface area contributed by atoms with Gasteiger partial charge in [0.05, 0.1) is 11.9 Å². The normalized spacial score (nSPS) is 11.3. The Labute approximate surface area is 134 Å². The van der Waals surface area contributed by atoms with Crippen molar-refractivity contribution in [3.05, 3.63) is 29.3 Å². The molecule has 0 N–H and O–H groups in total. The van der Waals surface area contributed by atoms with E-state index >= 15 is 0 Å². The summed E-state index contributed by atoms with van der Waals surface area (Å²) in [6.07, 6.45) is 3.03. The lowest BCUT2D eigenvalue weighted by molar-refractivity contribution is -0.128. The van der Waals surface area contributed by atoms with Gasteiger partial charge >= 0.3 is 0 Å². The fourth-order valence-corrected chi connectivity index (χ4v) is 3.29. The van der Waals surface area contributed by atoms with Crippen LogP contribution in [0, 0.1) is 13.8 Å². The van der Waals surface area contributed by atoms with Crippen molar-refractivity contribution in [1.29, 1.82) is 0 Å². The Hall–Kier alpha value is -1.56. The standard InChI is InChI=1S/C16H26N2O3S/c1-6-7-11-17(4)15(19)12-18(22(5,20)21)16-13(2)9-8-10-14(16)3/h8-10H,6-7,11-12H2,1-5H3. The number of sulfonamides is 1. The molecular weight excluding hydrogens is 300 g/mol. The average molecular weight is 326 g/mol. The molecular formula is C16H26N2O3S. The third-order valence-corrected chi connectivity index (χ3v) is 4.75. The van der Waals surface area contributed by atoms with Crippen molar-refractivity contribution in [2.45, 2.75) is 33.6 Å². The third kappa shape index (κ3) is 4.73. The minimum Gasteiger partial charge on any atom is -0.344 e. The topological polar surface area (TPSA) is 57.7 Å². The summed E-state index contributed by atoms with van der Waals surface area (Å²) in [5, 5.41) is 0. The SMILES string of the molecule is CCCCN(C)C(=O)CN(c1c(C)cccc1C)S(C)(=O)=O. The Kier molecular flexibility index (Phi) is 6.41. The molecule has 5 nitrogen and oxygen atoms in total. The molecule has 0 atom stereocenters. The van der Waals surface area contributed by atoms with E-state index in [1.807, 2.05) is 32.0 Å². The van der Waals surface area contributed by atoms with Crippen molar-refractivity contribution in [3.8, 4) is 0 Å². The Balaban J connectivity index is 3.09. The maximum atomic E-state index is 12.3. The fraction of sp³-hybridized carbons (Fsp3) is 0.562. The van der Waals surface area contributed by atoms with Gasteiger partial charge in [-0.15, -0.1) is 0 Å². The van der Waals surface area contributed by atoms with Gasteiger partial charge in [0.1, 0.15) is 6.54 Å². The highest BCUT2D eigenvalue weighted by Gasteiger charge is 2.25. The summed E-state index contributed by atoms with van der Waals surface area (Å²) >= 11 is 0. The average Bonchev–Trinajstić information content (AvgIpc) is 2.42. The van der Waals surface area contributed by atoms with Crippen LogP contribution in [0.25, 0.3) is 0 Å². The zero-order valence-corrected chi connectivity index (χ0v) is 14.9. The van der Waals surface area contributed by atoms with Crippen molar-refractivity contribution in [3.63, 3.8) is 0 Å². The summed E-state index contributed by atoms with van der Waals surface area (Å²) in [5.74, 6) is -0.193. The number of carbonyl (C=O) groups is 1. The molecule has 124 valence electrons. The number of likely N-dealkylation sites (N-methyl/N-ethyl adjacent to an activating group) is 1. The van der Waals surface area contributed by atoms with Gasteiger partial charge in [0.25, 0.3) is 0 Å². The first-order valence-corrected chi connectivity index (χ1v) is 9.31. The number of rotatable bonds is 7. The van der Waals surface area contributed by atoms with Crippen LogP contribution in [0.2, 0.25) is 0 Å². The zero-order valence-electron chi connectivity index (χ0n) is 14.1. The van der Waals surface area contributed by atoms with E-state index in [2.05, 4.69) is 6.92 Å². The lowest BCUT2D eigenvalue weighted by Crippen LogP contribution is -2.42. The summed E-state index contributed by atoms with van der Waals surface area (Å²) < 4.78 is 25.5. The van der Waals surface area contributed by atoms with E-state index in [1.54, 1.807) is 11.9 Å². The number of nitrogens with zero attached hydrogens (tertiary/aromatic N) is 2. The summed E-state index contributed by atoms with van der Waals surface area (Å²) in [4.78, 5) is 13.9. The van der Waals surface area contributed by atoms with E-state index < -0.39 is 10.0 Å². The minimum absolute atomic E-state index is 0.162. The number of anilines is 1. The number of aryl methyl sites for hydroxylation is 2. The van der Waals surface area contributed by atoms with Gasteiger partial charge in [0.15, 0.2) is 0 Å². The van der Waals surface area contributed by atoms with Crippen LogP contribution in [0.1, 0.15) is 30.9 Å². The first-order valence-electron chi connectivity index (χ1n) is 7.46. The second-order valence-corrected chi connectivity index (χ2v) is 7.59. The predicted molar refractivity (Wildman–Crippen MR) is 90.7 cm³/mol. The number of amides is 1. The van der Waals surface area contributed by atoms with Crippen molar-refractivity contribution in [2.75, 3.05) is 30.7 Å². The predicted octanol–water partition coefficient (Wildman–Crippen LogP) is 2.33. The van der Waals surface area contributed by atoms with Crippen LogP contribution in [0.4, 0.5) is 5.69 Å². The molecule has 0 aliphatic carbocycles. The van der Waals surface area contributed by atoms with Crippen LogP contribution in [-0.4, -0.2) is 45.6 Å². The molecule has 0 radical (unpaired) electrons. The summed E-state index contributed by atoms with van der Waals surface area (Å²) in [7, 11) is -1.81. The highest BCUT2D eigenvalue weighted by Crippen LogP contribution is 2.26. The molecule has 1 amide bonds. The second kappa shape index (κ2) is 7.63. The maximum absolute atomic E-state index is 12.3. The van der Waals surface area contributed by atoms with Crippen LogP contribution < -0.4 is 4.31 Å². The smallest absolute Gasteiger partial charge is 0.243 e. The molecule has 6 heteroatoms. The first-order chi connectivity index (χ1) is 10.2. The quantitative estimate of drug-likeness (QED) is 0.773. The van der Waals surface area contributed by atoms with E-state index in [-0.39, 0.29) is 12.5 Å². The van der Waals surface area contributed by atoms with Crippen molar-refractivity contribution in [2.24, 2.45) is 0 Å². The van der Waals surface area contributed by atoms with Crippen LogP contribution in [0.3, 0.4) is 0 Å². The lowest BCUT2D eigenvalue weighted by Gasteiger charge is -2.27. The third-order valence-electron chi connectivity index (χ3n) is 3.64. The fourth-order valence-electron chi connectivity index (χ4n) is 2.32. The van der Waals surface area contributed by atoms with Crippen LogP contribution in [-0.2, 0) is 14.8 Å². The minimum atomic E-state index is -3.53. The molecule has 0 heterocycles. The number of unbranched alkanes of at least 4 members (excludes halogenated alkanes) is 1. The Morgan fingerprint density at radius 1 is 1.18 bits per heavy atom. The molecule has 0 fully saturated rings. The van der Waals surface area contributed by atoms with Crippen LogP contribution in [0.15, 0.2) is 18.2 Å². The lowest BCUT2D eigenvalue weighted by atomic mass is 10.1. The molecule has 1 rings (SSSR count). The van der Waals surface area contributed by atoms with Gasteiger partial charge in [-0.25, -0.2) is 8.42 Å². The van der Waals surface area contributed by atoms with E-state index in [0.717, 1.165) is 30.2 Å². The first kappa shape index (κ1) is 18.5. The highest BCUT2D eigenvalue weighted by molar-refractivity contribution is 7.92.